The molecule has 2 aliphatic heterocycles. The van der Waals surface area contributed by atoms with Gasteiger partial charge < -0.3 is 24.4 Å². The number of rotatable bonds is 3. The molecule has 1 fully saturated rings. The zero-order valence-corrected chi connectivity index (χ0v) is 17.5. The van der Waals surface area contributed by atoms with E-state index in [0.29, 0.717) is 63.1 Å². The summed E-state index contributed by atoms with van der Waals surface area (Å²) in [5.41, 5.74) is 1.84. The predicted octanol–water partition coefficient (Wildman–Crippen LogP) is 2.74. The van der Waals surface area contributed by atoms with Crippen molar-refractivity contribution in [1.29, 1.82) is 0 Å². The first-order valence-electron chi connectivity index (χ1n) is 10.4. The number of fused-ring (bicyclic) bond motifs is 2. The first-order chi connectivity index (χ1) is 14.7. The zero-order valence-electron chi connectivity index (χ0n) is 16.6. The number of nitrogens with zero attached hydrogens (tertiary/aromatic N) is 1. The van der Waals surface area contributed by atoms with Gasteiger partial charge in [-0.2, -0.15) is 0 Å². The van der Waals surface area contributed by atoms with E-state index in [2.05, 4.69) is 5.32 Å². The van der Waals surface area contributed by atoms with E-state index in [1.807, 2.05) is 29.2 Å². The van der Waals surface area contributed by atoms with E-state index >= 15 is 0 Å². The van der Waals surface area contributed by atoms with Crippen LogP contribution in [0.1, 0.15) is 26.5 Å². The molecule has 1 atom stereocenters. The van der Waals surface area contributed by atoms with Crippen molar-refractivity contribution in [1.82, 2.24) is 4.90 Å². The van der Waals surface area contributed by atoms with Gasteiger partial charge in [-0.05, 0) is 43.0 Å². The highest BCUT2D eigenvalue weighted by atomic mass is 32.1. The fourth-order valence-electron chi connectivity index (χ4n) is 4.14. The highest BCUT2D eigenvalue weighted by Gasteiger charge is 2.29. The van der Waals surface area contributed by atoms with Crippen molar-refractivity contribution in [3.8, 4) is 11.5 Å². The molecule has 1 N–H and O–H groups in total. The third-order valence-corrected chi connectivity index (χ3v) is 7.00. The average Bonchev–Trinajstić information content (AvgIpc) is 3.22. The minimum Gasteiger partial charge on any atom is -0.486 e. The predicted molar refractivity (Wildman–Crippen MR) is 113 cm³/mol. The first kappa shape index (κ1) is 19.4. The molecule has 1 aromatic heterocycles. The van der Waals surface area contributed by atoms with Crippen LogP contribution >= 0.6 is 11.3 Å². The van der Waals surface area contributed by atoms with Crippen LogP contribution in [0.5, 0.6) is 11.5 Å². The van der Waals surface area contributed by atoms with Crippen molar-refractivity contribution < 1.29 is 23.8 Å². The van der Waals surface area contributed by atoms with Crippen molar-refractivity contribution in [2.45, 2.75) is 19.3 Å². The molecule has 0 saturated carbocycles. The number of ether oxygens (including phenoxy) is 3. The second-order valence-electron chi connectivity index (χ2n) is 7.75. The van der Waals surface area contributed by atoms with Crippen molar-refractivity contribution in [3.63, 3.8) is 0 Å². The number of anilines is 1. The highest BCUT2D eigenvalue weighted by Crippen LogP contribution is 2.35. The largest absolute Gasteiger partial charge is 0.486 e. The summed E-state index contributed by atoms with van der Waals surface area (Å²) in [5, 5.41) is 3.01. The number of morpholine rings is 1. The molecule has 0 spiro atoms. The van der Waals surface area contributed by atoms with Gasteiger partial charge in [-0.25, -0.2) is 0 Å². The summed E-state index contributed by atoms with van der Waals surface area (Å²) in [6.45, 7) is 3.53. The Morgan fingerprint density at radius 2 is 1.83 bits per heavy atom. The number of thiophene rings is 1. The molecular weight excluding hydrogens is 404 g/mol. The Labute approximate surface area is 178 Å². The Kier molecular flexibility index (Phi) is 5.35. The van der Waals surface area contributed by atoms with Crippen LogP contribution < -0.4 is 14.8 Å². The van der Waals surface area contributed by atoms with Gasteiger partial charge in [0, 0.05) is 35.6 Å². The van der Waals surface area contributed by atoms with E-state index < -0.39 is 0 Å². The quantitative estimate of drug-likeness (QED) is 0.814. The number of hydrogen-bond acceptors (Lipinski definition) is 6. The maximum absolute atomic E-state index is 12.9. The van der Waals surface area contributed by atoms with Crippen LogP contribution in [0, 0.1) is 5.92 Å². The molecule has 8 heteroatoms. The number of benzene rings is 1. The Bertz CT molecular complexity index is 966. The van der Waals surface area contributed by atoms with E-state index in [0.717, 1.165) is 23.3 Å². The van der Waals surface area contributed by atoms with Gasteiger partial charge in [0.25, 0.3) is 5.91 Å². The van der Waals surface area contributed by atoms with Gasteiger partial charge in [0.05, 0.1) is 18.1 Å². The number of carbonyl (C=O) groups is 2. The Morgan fingerprint density at radius 1 is 1.03 bits per heavy atom. The van der Waals surface area contributed by atoms with Crippen LogP contribution in [0.2, 0.25) is 0 Å². The number of aryl methyl sites for hydroxylation is 1. The zero-order chi connectivity index (χ0) is 20.5. The van der Waals surface area contributed by atoms with Crippen molar-refractivity contribution in [3.05, 3.63) is 39.6 Å². The van der Waals surface area contributed by atoms with E-state index in [4.69, 9.17) is 14.2 Å². The summed E-state index contributed by atoms with van der Waals surface area (Å²) in [4.78, 5) is 29.5. The molecule has 1 saturated heterocycles. The molecular formula is C22H24N2O5S. The third kappa shape index (κ3) is 3.89. The van der Waals surface area contributed by atoms with Gasteiger partial charge in [0.15, 0.2) is 11.5 Å². The summed E-state index contributed by atoms with van der Waals surface area (Å²) < 4.78 is 16.5. The molecule has 0 radical (unpaired) electrons. The van der Waals surface area contributed by atoms with E-state index in [1.165, 1.54) is 4.88 Å². The minimum atomic E-state index is -0.105. The molecule has 1 aromatic carbocycles. The molecule has 3 aliphatic rings. The Balaban J connectivity index is 1.24. The maximum Gasteiger partial charge on any atom is 0.264 e. The number of amides is 2. The summed E-state index contributed by atoms with van der Waals surface area (Å²) >= 11 is 1.58. The standard InChI is InChI=1S/C22H24N2O5S/c25-21(23-16-2-3-17-18(13-16)29-10-9-28-17)14-1-4-19-15(11-14)12-20(30-19)22(26)24-5-7-27-8-6-24/h2-3,12-14H,1,4-11H2,(H,23,25)/t14-/m1/s1. The molecule has 3 heterocycles. The fourth-order valence-corrected chi connectivity index (χ4v) is 5.32. The van der Waals surface area contributed by atoms with Crippen molar-refractivity contribution >= 4 is 28.8 Å². The lowest BCUT2D eigenvalue weighted by Gasteiger charge is -2.26. The lowest BCUT2D eigenvalue weighted by Crippen LogP contribution is -2.40. The lowest BCUT2D eigenvalue weighted by atomic mass is 9.87. The monoisotopic (exact) mass is 428 g/mol. The highest BCUT2D eigenvalue weighted by molar-refractivity contribution is 7.14. The molecule has 0 unspecified atom stereocenters. The van der Waals surface area contributed by atoms with Gasteiger partial charge >= 0.3 is 0 Å². The lowest BCUT2D eigenvalue weighted by molar-refractivity contribution is -0.120. The third-order valence-electron chi connectivity index (χ3n) is 5.77. The van der Waals surface area contributed by atoms with Gasteiger partial charge in [-0.3, -0.25) is 9.59 Å². The summed E-state index contributed by atoms with van der Waals surface area (Å²) in [7, 11) is 0. The van der Waals surface area contributed by atoms with Crippen LogP contribution in [0.4, 0.5) is 5.69 Å². The van der Waals surface area contributed by atoms with Gasteiger partial charge in [0.1, 0.15) is 13.2 Å². The van der Waals surface area contributed by atoms with E-state index in [1.54, 1.807) is 11.3 Å². The number of carbonyl (C=O) groups excluding carboxylic acids is 2. The van der Waals surface area contributed by atoms with Crippen LogP contribution in [0.25, 0.3) is 0 Å². The Morgan fingerprint density at radius 3 is 2.67 bits per heavy atom. The fraction of sp³-hybridized carbons (Fsp3) is 0.455. The van der Waals surface area contributed by atoms with Crippen LogP contribution in [0.3, 0.4) is 0 Å². The number of nitrogens with one attached hydrogen (secondary N) is 1. The average molecular weight is 429 g/mol. The normalized spacial score (nSPS) is 20.4. The Hall–Kier alpha value is -2.58. The minimum absolute atomic E-state index is 0.00424. The van der Waals surface area contributed by atoms with Crippen LogP contribution in [0.15, 0.2) is 24.3 Å². The smallest absolute Gasteiger partial charge is 0.264 e. The maximum atomic E-state index is 12.9. The number of hydrogen-bond donors (Lipinski definition) is 1. The summed E-state index contributed by atoms with van der Waals surface area (Å²) in [6.07, 6.45) is 2.28. The molecule has 30 heavy (non-hydrogen) atoms. The summed E-state index contributed by atoms with van der Waals surface area (Å²) in [5.74, 6) is 1.34. The van der Waals surface area contributed by atoms with Crippen molar-refractivity contribution in [2.24, 2.45) is 5.92 Å². The van der Waals surface area contributed by atoms with E-state index in [-0.39, 0.29) is 17.7 Å². The molecule has 2 amide bonds. The molecule has 7 nitrogen and oxygen atoms in total. The first-order valence-corrected chi connectivity index (χ1v) is 11.2. The summed E-state index contributed by atoms with van der Waals surface area (Å²) in [6, 6.07) is 7.46. The van der Waals surface area contributed by atoms with Gasteiger partial charge in [-0.15, -0.1) is 11.3 Å². The molecule has 2 aromatic rings. The topological polar surface area (TPSA) is 77.1 Å². The molecule has 158 valence electrons. The molecule has 0 bridgehead atoms. The SMILES string of the molecule is O=C(Nc1ccc2c(c1)OCCO2)[C@@H]1CCc2sc(C(=O)N3CCOCC3)cc2C1. The molecule has 5 rings (SSSR count). The van der Waals surface area contributed by atoms with Gasteiger partial charge in [-0.1, -0.05) is 0 Å². The van der Waals surface area contributed by atoms with E-state index in [9.17, 15) is 9.59 Å². The second-order valence-corrected chi connectivity index (χ2v) is 8.89. The van der Waals surface area contributed by atoms with Crippen LogP contribution in [-0.4, -0.2) is 56.2 Å². The van der Waals surface area contributed by atoms with Gasteiger partial charge in [0.2, 0.25) is 5.91 Å². The van der Waals surface area contributed by atoms with Crippen LogP contribution in [-0.2, 0) is 22.4 Å². The van der Waals surface area contributed by atoms with Crippen molar-refractivity contribution in [2.75, 3.05) is 44.8 Å². The molecule has 1 aliphatic carbocycles. The second kappa shape index (κ2) is 8.28.